The molecule has 1 N–H and O–H groups in total. The van der Waals surface area contributed by atoms with E-state index in [9.17, 15) is 24.5 Å². The molecule has 1 heterocycles. The van der Waals surface area contributed by atoms with Crippen LogP contribution in [0.15, 0.2) is 49.1 Å². The Balaban J connectivity index is 1.73. The Morgan fingerprint density at radius 1 is 1.16 bits per heavy atom. The molecule has 0 aliphatic rings. The van der Waals surface area contributed by atoms with E-state index in [4.69, 9.17) is 16.3 Å². The van der Waals surface area contributed by atoms with E-state index in [0.29, 0.717) is 10.7 Å². The van der Waals surface area contributed by atoms with Gasteiger partial charge < -0.3 is 14.8 Å². The van der Waals surface area contributed by atoms with Gasteiger partial charge in [0.05, 0.1) is 34.5 Å². The predicted octanol–water partition coefficient (Wildman–Crippen LogP) is 2.41. The summed E-state index contributed by atoms with van der Waals surface area (Å²) in [5.41, 5.74) is -0.269. The fourth-order valence-corrected chi connectivity index (χ4v) is 2.78. The van der Waals surface area contributed by atoms with Gasteiger partial charge in [-0.2, -0.15) is 5.10 Å². The van der Waals surface area contributed by atoms with Crippen molar-refractivity contribution in [2.24, 2.45) is 0 Å². The number of benzene rings is 2. The van der Waals surface area contributed by atoms with Crippen molar-refractivity contribution in [3.05, 3.63) is 75.3 Å². The summed E-state index contributed by atoms with van der Waals surface area (Å²) in [5, 5.41) is 17.9. The van der Waals surface area contributed by atoms with Gasteiger partial charge in [-0.15, -0.1) is 0 Å². The first-order valence-corrected chi connectivity index (χ1v) is 9.15. The molecule has 0 saturated carbocycles. The van der Waals surface area contributed by atoms with E-state index in [1.165, 1.54) is 23.4 Å². The van der Waals surface area contributed by atoms with E-state index >= 15 is 0 Å². The molecule has 0 atom stereocenters. The summed E-state index contributed by atoms with van der Waals surface area (Å²) < 4.78 is 10.9. The molecule has 0 spiro atoms. The number of nitro groups is 1. The molecule has 32 heavy (non-hydrogen) atoms. The Hall–Kier alpha value is -4.32. The molecule has 0 saturated heterocycles. The third kappa shape index (κ3) is 5.23. The zero-order valence-corrected chi connectivity index (χ0v) is 17.1. The number of nitrogens with one attached hydrogen (secondary N) is 1. The van der Waals surface area contributed by atoms with E-state index in [-0.39, 0.29) is 16.8 Å². The molecule has 164 valence electrons. The van der Waals surface area contributed by atoms with Gasteiger partial charge in [0.1, 0.15) is 12.7 Å². The van der Waals surface area contributed by atoms with E-state index < -0.39 is 35.1 Å². The van der Waals surface area contributed by atoms with Crippen LogP contribution >= 0.6 is 11.6 Å². The maximum absolute atomic E-state index is 12.3. The number of non-ortho nitro benzene ring substituents is 1. The van der Waals surface area contributed by atoms with Gasteiger partial charge in [-0.25, -0.2) is 19.3 Å². The molecule has 13 heteroatoms. The van der Waals surface area contributed by atoms with Crippen LogP contribution in [-0.2, 0) is 14.3 Å². The van der Waals surface area contributed by atoms with Crippen molar-refractivity contribution in [1.82, 2.24) is 14.8 Å². The number of nitro benzene ring substituents is 1. The predicted molar refractivity (Wildman–Crippen MR) is 110 cm³/mol. The third-order valence-corrected chi connectivity index (χ3v) is 4.25. The summed E-state index contributed by atoms with van der Waals surface area (Å²) in [6.45, 7) is -0.710. The zero-order valence-electron chi connectivity index (χ0n) is 16.4. The van der Waals surface area contributed by atoms with Gasteiger partial charge in [-0.05, 0) is 24.3 Å². The highest BCUT2D eigenvalue weighted by atomic mass is 35.5. The molecular formula is C19H14ClN5O7. The summed E-state index contributed by atoms with van der Waals surface area (Å²) in [6, 6.07) is 7.62. The van der Waals surface area contributed by atoms with Crippen molar-refractivity contribution in [3.63, 3.8) is 0 Å². The van der Waals surface area contributed by atoms with E-state index in [1.807, 2.05) is 0 Å². The van der Waals surface area contributed by atoms with E-state index in [0.717, 1.165) is 25.3 Å². The van der Waals surface area contributed by atoms with Crippen LogP contribution < -0.4 is 5.32 Å². The summed E-state index contributed by atoms with van der Waals surface area (Å²) in [7, 11) is 1.09. The molecular weight excluding hydrogens is 446 g/mol. The Morgan fingerprint density at radius 2 is 1.88 bits per heavy atom. The lowest BCUT2D eigenvalue weighted by Gasteiger charge is -2.12. The number of amides is 1. The number of hydrogen-bond donors (Lipinski definition) is 1. The summed E-state index contributed by atoms with van der Waals surface area (Å²) in [6.07, 6.45) is 2.73. The number of ether oxygens (including phenoxy) is 2. The van der Waals surface area contributed by atoms with Crippen LogP contribution in [0.4, 0.5) is 11.4 Å². The quantitative estimate of drug-likeness (QED) is 0.318. The Kier molecular flexibility index (Phi) is 6.75. The lowest BCUT2D eigenvalue weighted by Crippen LogP contribution is -2.22. The molecule has 0 fully saturated rings. The topological polar surface area (TPSA) is 156 Å². The molecule has 0 bridgehead atoms. The van der Waals surface area contributed by atoms with Crippen molar-refractivity contribution in [2.75, 3.05) is 19.0 Å². The van der Waals surface area contributed by atoms with Crippen LogP contribution in [0.1, 0.15) is 20.7 Å². The Bertz CT molecular complexity index is 1200. The van der Waals surface area contributed by atoms with Crippen LogP contribution in [0.25, 0.3) is 5.69 Å². The monoisotopic (exact) mass is 459 g/mol. The maximum Gasteiger partial charge on any atom is 0.338 e. The average Bonchev–Trinajstić information content (AvgIpc) is 3.31. The van der Waals surface area contributed by atoms with Crippen molar-refractivity contribution < 1.29 is 28.8 Å². The number of rotatable bonds is 7. The highest BCUT2D eigenvalue weighted by Gasteiger charge is 2.20. The fourth-order valence-electron chi connectivity index (χ4n) is 2.61. The summed E-state index contributed by atoms with van der Waals surface area (Å²) in [4.78, 5) is 50.5. The lowest BCUT2D eigenvalue weighted by molar-refractivity contribution is -0.384. The second-order valence-electron chi connectivity index (χ2n) is 6.14. The van der Waals surface area contributed by atoms with Crippen LogP contribution in [0, 0.1) is 10.1 Å². The first-order chi connectivity index (χ1) is 15.3. The number of methoxy groups -OCH3 is 1. The molecule has 3 rings (SSSR count). The van der Waals surface area contributed by atoms with Crippen molar-refractivity contribution in [2.45, 2.75) is 0 Å². The molecule has 1 aromatic heterocycles. The molecule has 0 unspecified atom stereocenters. The van der Waals surface area contributed by atoms with Gasteiger partial charge in [0.2, 0.25) is 0 Å². The molecule has 0 aliphatic heterocycles. The summed E-state index contributed by atoms with van der Waals surface area (Å²) in [5.74, 6) is -2.63. The fraction of sp³-hybridized carbons (Fsp3) is 0.105. The number of carbonyl (C=O) groups excluding carboxylic acids is 3. The largest absolute Gasteiger partial charge is 0.465 e. The molecule has 12 nitrogen and oxygen atoms in total. The van der Waals surface area contributed by atoms with Gasteiger partial charge in [0.15, 0.2) is 6.61 Å². The smallest absolute Gasteiger partial charge is 0.338 e. The van der Waals surface area contributed by atoms with Gasteiger partial charge in [0, 0.05) is 17.2 Å². The lowest BCUT2D eigenvalue weighted by atomic mass is 10.1. The second kappa shape index (κ2) is 9.66. The first kappa shape index (κ1) is 22.4. The third-order valence-electron chi connectivity index (χ3n) is 4.02. The number of nitrogens with zero attached hydrogens (tertiary/aromatic N) is 4. The minimum absolute atomic E-state index is 0.213. The number of carbonyl (C=O) groups is 3. The molecule has 3 aromatic rings. The number of hydrogen-bond acceptors (Lipinski definition) is 9. The molecule has 0 aliphatic carbocycles. The highest BCUT2D eigenvalue weighted by molar-refractivity contribution is 6.31. The normalized spacial score (nSPS) is 10.3. The first-order valence-electron chi connectivity index (χ1n) is 8.78. The maximum atomic E-state index is 12.3. The SMILES string of the molecule is COC(=O)c1cc(C(=O)OCC(=O)Nc2cc(Cl)ccc2-n2cncn2)cc([N+](=O)[O-])c1. The highest BCUT2D eigenvalue weighted by Crippen LogP contribution is 2.24. The van der Waals surface area contributed by atoms with Crippen molar-refractivity contribution in [3.8, 4) is 5.69 Å². The average molecular weight is 460 g/mol. The van der Waals surface area contributed by atoms with Crippen LogP contribution in [0.3, 0.4) is 0 Å². The number of esters is 2. The Morgan fingerprint density at radius 3 is 2.50 bits per heavy atom. The zero-order chi connectivity index (χ0) is 23.3. The summed E-state index contributed by atoms with van der Waals surface area (Å²) >= 11 is 5.99. The molecule has 0 radical (unpaired) electrons. The van der Waals surface area contributed by atoms with Gasteiger partial charge >= 0.3 is 11.9 Å². The van der Waals surface area contributed by atoms with Crippen LogP contribution in [0.2, 0.25) is 5.02 Å². The van der Waals surface area contributed by atoms with Gasteiger partial charge in [0.25, 0.3) is 11.6 Å². The molecule has 2 aromatic carbocycles. The van der Waals surface area contributed by atoms with Crippen molar-refractivity contribution in [1.29, 1.82) is 0 Å². The van der Waals surface area contributed by atoms with Gasteiger partial charge in [-0.1, -0.05) is 11.6 Å². The van der Waals surface area contributed by atoms with E-state index in [1.54, 1.807) is 12.1 Å². The van der Waals surface area contributed by atoms with Gasteiger partial charge in [-0.3, -0.25) is 14.9 Å². The number of aromatic nitrogens is 3. The number of halogens is 1. The molecule has 1 amide bonds. The number of anilines is 1. The minimum Gasteiger partial charge on any atom is -0.465 e. The standard InChI is InChI=1S/C19H14ClN5O7/c1-31-18(27)11-4-12(6-14(5-11)25(29)30)19(28)32-8-17(26)23-15-7-13(20)2-3-16(15)24-10-21-9-22-24/h2-7,9-10H,8H2,1H3,(H,23,26). The Labute approximate surface area is 184 Å². The van der Waals surface area contributed by atoms with Crippen LogP contribution in [0.5, 0.6) is 0 Å². The van der Waals surface area contributed by atoms with Crippen LogP contribution in [-0.4, -0.2) is 51.3 Å². The second-order valence-corrected chi connectivity index (χ2v) is 6.58. The van der Waals surface area contributed by atoms with E-state index in [2.05, 4.69) is 20.1 Å². The van der Waals surface area contributed by atoms with Crippen molar-refractivity contribution >= 4 is 40.8 Å². The minimum atomic E-state index is -1.04.